The van der Waals surface area contributed by atoms with Crippen LogP contribution in [0.5, 0.6) is 0 Å². The number of Topliss-reactive ketones (excluding diaryl/α,β-unsaturated/α-hetero) is 1. The predicted octanol–water partition coefficient (Wildman–Crippen LogP) is 4.78. The number of para-hydroxylation sites is 2. The van der Waals surface area contributed by atoms with Crippen molar-refractivity contribution in [2.24, 2.45) is 0 Å². The molecule has 1 aliphatic rings. The molecule has 5 heteroatoms. The Bertz CT molecular complexity index is 1330. The number of fused-ring (bicyclic) bond motifs is 2. The first-order valence-corrected chi connectivity index (χ1v) is 11.5. The van der Waals surface area contributed by atoms with Crippen LogP contribution in [0.2, 0.25) is 0 Å². The van der Waals surface area contributed by atoms with Crippen LogP contribution in [0.4, 0.5) is 0 Å². The van der Waals surface area contributed by atoms with E-state index in [0.29, 0.717) is 22.5 Å². The average molecular weight is 427 g/mol. The van der Waals surface area contributed by atoms with Gasteiger partial charge in [0.1, 0.15) is 5.78 Å². The summed E-state index contributed by atoms with van der Waals surface area (Å²) in [6, 6.07) is 23.2. The second kappa shape index (κ2) is 8.52. The maximum absolute atomic E-state index is 13.2. The lowest BCUT2D eigenvalue weighted by molar-refractivity contribution is -0.116. The fourth-order valence-corrected chi connectivity index (χ4v) is 5.05. The maximum Gasteiger partial charge on any atom is 0.266 e. The lowest BCUT2D eigenvalue weighted by Crippen LogP contribution is -2.22. The number of ketones is 1. The molecule has 154 valence electrons. The molecule has 4 nitrogen and oxygen atoms in total. The van der Waals surface area contributed by atoms with Crippen LogP contribution in [0, 0.1) is 0 Å². The van der Waals surface area contributed by atoms with Gasteiger partial charge in [0.2, 0.25) is 0 Å². The Labute approximate surface area is 185 Å². The molecule has 0 saturated carbocycles. The SMILES string of the molecule is O=C(CSc1nc2ccccc2c(=O)n1-c1ccccc1)Cc1ccc2c(c1)CCC2. The van der Waals surface area contributed by atoms with E-state index in [1.54, 1.807) is 10.6 Å². The number of benzene rings is 3. The number of aryl methyl sites for hydroxylation is 2. The van der Waals surface area contributed by atoms with Crippen molar-refractivity contribution in [2.45, 2.75) is 30.8 Å². The lowest BCUT2D eigenvalue weighted by Gasteiger charge is -2.13. The van der Waals surface area contributed by atoms with Crippen molar-refractivity contribution in [2.75, 3.05) is 5.75 Å². The minimum Gasteiger partial charge on any atom is -0.298 e. The number of carbonyl (C=O) groups is 1. The second-order valence-corrected chi connectivity index (χ2v) is 8.79. The molecule has 4 aromatic rings. The summed E-state index contributed by atoms with van der Waals surface area (Å²) in [5.41, 5.74) is 5.14. The Morgan fingerprint density at radius 1 is 0.935 bits per heavy atom. The molecule has 0 N–H and O–H groups in total. The van der Waals surface area contributed by atoms with Gasteiger partial charge in [-0.15, -0.1) is 0 Å². The van der Waals surface area contributed by atoms with Crippen LogP contribution in [-0.2, 0) is 24.1 Å². The van der Waals surface area contributed by atoms with Crippen molar-refractivity contribution in [3.8, 4) is 5.69 Å². The molecule has 3 aromatic carbocycles. The third-order valence-corrected chi connectivity index (χ3v) is 6.68. The highest BCUT2D eigenvalue weighted by Crippen LogP contribution is 2.24. The van der Waals surface area contributed by atoms with Gasteiger partial charge in [-0.25, -0.2) is 4.98 Å². The molecule has 1 heterocycles. The molecule has 0 amide bonds. The molecule has 1 aromatic heterocycles. The van der Waals surface area contributed by atoms with Crippen LogP contribution in [0.15, 0.2) is 82.7 Å². The molecule has 0 spiro atoms. The van der Waals surface area contributed by atoms with E-state index in [2.05, 4.69) is 18.2 Å². The topological polar surface area (TPSA) is 52.0 Å². The number of rotatable bonds is 6. The summed E-state index contributed by atoms with van der Waals surface area (Å²) in [6.07, 6.45) is 3.86. The van der Waals surface area contributed by atoms with Crippen LogP contribution in [0.1, 0.15) is 23.1 Å². The maximum atomic E-state index is 13.2. The first-order chi connectivity index (χ1) is 15.2. The van der Waals surface area contributed by atoms with Gasteiger partial charge in [-0.05, 0) is 60.2 Å². The Hall–Kier alpha value is -3.18. The van der Waals surface area contributed by atoms with Gasteiger partial charge in [0.05, 0.1) is 22.3 Å². The number of nitrogens with zero attached hydrogens (tertiary/aromatic N) is 2. The minimum atomic E-state index is -0.120. The van der Waals surface area contributed by atoms with Gasteiger partial charge in [-0.3, -0.25) is 14.2 Å². The summed E-state index contributed by atoms with van der Waals surface area (Å²) >= 11 is 1.33. The predicted molar refractivity (Wildman–Crippen MR) is 125 cm³/mol. The zero-order valence-corrected chi connectivity index (χ0v) is 17.9. The molecular weight excluding hydrogens is 404 g/mol. The highest BCUT2D eigenvalue weighted by Gasteiger charge is 2.16. The van der Waals surface area contributed by atoms with Crippen LogP contribution in [-0.4, -0.2) is 21.1 Å². The van der Waals surface area contributed by atoms with Crippen molar-refractivity contribution in [1.82, 2.24) is 9.55 Å². The number of carbonyl (C=O) groups excluding carboxylic acids is 1. The van der Waals surface area contributed by atoms with Crippen LogP contribution >= 0.6 is 11.8 Å². The Kier molecular flexibility index (Phi) is 5.43. The van der Waals surface area contributed by atoms with E-state index in [-0.39, 0.29) is 17.1 Å². The van der Waals surface area contributed by atoms with E-state index in [9.17, 15) is 9.59 Å². The second-order valence-electron chi connectivity index (χ2n) is 7.85. The van der Waals surface area contributed by atoms with Crippen molar-refractivity contribution >= 4 is 28.4 Å². The number of thioether (sulfide) groups is 1. The van der Waals surface area contributed by atoms with Gasteiger partial charge in [0.25, 0.3) is 5.56 Å². The fraction of sp³-hybridized carbons (Fsp3) is 0.192. The molecular formula is C26H22N2O2S. The molecule has 0 saturated heterocycles. The summed E-state index contributed by atoms with van der Waals surface area (Å²) in [7, 11) is 0. The highest BCUT2D eigenvalue weighted by molar-refractivity contribution is 7.99. The summed E-state index contributed by atoms with van der Waals surface area (Å²) in [5.74, 6) is 0.402. The third kappa shape index (κ3) is 4.06. The quantitative estimate of drug-likeness (QED) is 0.329. The first kappa shape index (κ1) is 19.8. The molecule has 0 radical (unpaired) electrons. The molecule has 0 fully saturated rings. The average Bonchev–Trinajstić information content (AvgIpc) is 3.26. The Morgan fingerprint density at radius 2 is 1.71 bits per heavy atom. The lowest BCUT2D eigenvalue weighted by atomic mass is 10.0. The van der Waals surface area contributed by atoms with E-state index >= 15 is 0 Å². The Morgan fingerprint density at radius 3 is 2.58 bits per heavy atom. The summed E-state index contributed by atoms with van der Waals surface area (Å²) in [5, 5.41) is 1.11. The van der Waals surface area contributed by atoms with Crippen molar-refractivity contribution in [3.05, 3.63) is 99.8 Å². The van der Waals surface area contributed by atoms with Gasteiger partial charge in [0, 0.05) is 6.42 Å². The van der Waals surface area contributed by atoms with Gasteiger partial charge < -0.3 is 0 Å². The van der Waals surface area contributed by atoms with E-state index in [1.807, 2.05) is 48.5 Å². The van der Waals surface area contributed by atoms with Crippen LogP contribution < -0.4 is 5.56 Å². The van der Waals surface area contributed by atoms with Gasteiger partial charge in [0.15, 0.2) is 5.16 Å². The van der Waals surface area contributed by atoms with Crippen LogP contribution in [0.3, 0.4) is 0 Å². The molecule has 31 heavy (non-hydrogen) atoms. The monoisotopic (exact) mass is 426 g/mol. The van der Waals surface area contributed by atoms with Crippen molar-refractivity contribution in [3.63, 3.8) is 0 Å². The number of hydrogen-bond donors (Lipinski definition) is 0. The molecule has 0 aliphatic heterocycles. The van der Waals surface area contributed by atoms with E-state index in [4.69, 9.17) is 4.98 Å². The van der Waals surface area contributed by atoms with Crippen LogP contribution in [0.25, 0.3) is 16.6 Å². The fourth-order valence-electron chi connectivity index (χ4n) is 4.17. The standard InChI is InChI=1S/C26H22N2O2S/c29-22(16-18-13-14-19-7-6-8-20(19)15-18)17-31-26-27-24-12-5-4-11-23(24)25(30)28(26)21-9-2-1-3-10-21/h1-5,9-15H,6-8,16-17H2. The smallest absolute Gasteiger partial charge is 0.266 e. The van der Waals surface area contributed by atoms with E-state index in [1.165, 1.54) is 29.3 Å². The molecule has 0 bridgehead atoms. The molecule has 1 aliphatic carbocycles. The molecule has 0 atom stereocenters. The van der Waals surface area contributed by atoms with Crippen molar-refractivity contribution in [1.29, 1.82) is 0 Å². The summed E-state index contributed by atoms with van der Waals surface area (Å²) in [6.45, 7) is 0. The van der Waals surface area contributed by atoms with Gasteiger partial charge in [-0.2, -0.15) is 0 Å². The number of aromatic nitrogens is 2. The minimum absolute atomic E-state index is 0.120. The summed E-state index contributed by atoms with van der Waals surface area (Å²) in [4.78, 5) is 30.7. The first-order valence-electron chi connectivity index (χ1n) is 10.5. The number of hydrogen-bond acceptors (Lipinski definition) is 4. The van der Waals surface area contributed by atoms with Crippen molar-refractivity contribution < 1.29 is 4.79 Å². The zero-order valence-electron chi connectivity index (χ0n) is 17.1. The van der Waals surface area contributed by atoms with E-state index < -0.39 is 0 Å². The normalized spacial score (nSPS) is 12.8. The Balaban J connectivity index is 1.42. The van der Waals surface area contributed by atoms with Gasteiger partial charge in [-0.1, -0.05) is 60.3 Å². The zero-order chi connectivity index (χ0) is 21.2. The molecule has 0 unspecified atom stereocenters. The summed E-state index contributed by atoms with van der Waals surface area (Å²) < 4.78 is 1.61. The highest BCUT2D eigenvalue weighted by atomic mass is 32.2. The van der Waals surface area contributed by atoms with E-state index in [0.717, 1.165) is 24.1 Å². The molecule has 5 rings (SSSR count). The largest absolute Gasteiger partial charge is 0.298 e. The van der Waals surface area contributed by atoms with Gasteiger partial charge >= 0.3 is 0 Å². The third-order valence-electron chi connectivity index (χ3n) is 5.69.